The van der Waals surface area contributed by atoms with Crippen molar-refractivity contribution in [3.05, 3.63) is 58.3 Å². The van der Waals surface area contributed by atoms with Crippen LogP contribution in [0.25, 0.3) is 5.69 Å². The fourth-order valence-corrected chi connectivity index (χ4v) is 1.42. The van der Waals surface area contributed by atoms with Crippen molar-refractivity contribution >= 4 is 5.97 Å². The summed E-state index contributed by atoms with van der Waals surface area (Å²) in [7, 11) is 1.14. The maximum Gasteiger partial charge on any atom is 0.362 e. The summed E-state index contributed by atoms with van der Waals surface area (Å²) >= 11 is 0. The van der Waals surface area contributed by atoms with Crippen molar-refractivity contribution in [1.82, 2.24) is 9.78 Å². The molecule has 92 valence electrons. The van der Waals surface area contributed by atoms with Gasteiger partial charge in [-0.1, -0.05) is 12.1 Å². The Balaban J connectivity index is 2.58. The second-order valence-corrected chi connectivity index (χ2v) is 3.42. The van der Waals surface area contributed by atoms with Gasteiger partial charge in [-0.05, 0) is 12.1 Å². The number of esters is 1. The highest BCUT2D eigenvalue weighted by molar-refractivity contribution is 5.86. The fourth-order valence-electron chi connectivity index (χ4n) is 1.42. The van der Waals surface area contributed by atoms with E-state index in [1.807, 2.05) is 0 Å². The van der Waals surface area contributed by atoms with Crippen LogP contribution in [0.15, 0.2) is 41.3 Å². The number of methoxy groups -OCH3 is 1. The Morgan fingerprint density at radius 2 is 2.06 bits per heavy atom. The molecule has 0 bridgehead atoms. The van der Waals surface area contributed by atoms with Crippen LogP contribution in [0.1, 0.15) is 10.5 Å². The van der Waals surface area contributed by atoms with Crippen LogP contribution in [0.4, 0.5) is 4.39 Å². The molecule has 0 saturated carbocycles. The average Bonchev–Trinajstić information content (AvgIpc) is 2.39. The molecular weight excluding hydrogens is 239 g/mol. The van der Waals surface area contributed by atoms with E-state index >= 15 is 0 Å². The summed E-state index contributed by atoms with van der Waals surface area (Å²) in [6.07, 6.45) is 1.28. The van der Waals surface area contributed by atoms with E-state index in [1.165, 1.54) is 24.4 Å². The zero-order valence-corrected chi connectivity index (χ0v) is 9.46. The minimum Gasteiger partial charge on any atom is -0.464 e. The zero-order chi connectivity index (χ0) is 13.1. The van der Waals surface area contributed by atoms with Gasteiger partial charge in [-0.3, -0.25) is 4.79 Å². The summed E-state index contributed by atoms with van der Waals surface area (Å²) in [6.45, 7) is 0. The van der Waals surface area contributed by atoms with E-state index in [0.717, 1.165) is 17.9 Å². The molecule has 1 heterocycles. The van der Waals surface area contributed by atoms with Crippen LogP contribution in [0.5, 0.6) is 0 Å². The average molecular weight is 248 g/mol. The molecule has 0 saturated heterocycles. The monoisotopic (exact) mass is 248 g/mol. The molecule has 2 aromatic rings. The highest BCUT2D eigenvalue weighted by Gasteiger charge is 2.14. The van der Waals surface area contributed by atoms with Crippen LogP contribution >= 0.6 is 0 Å². The summed E-state index contributed by atoms with van der Waals surface area (Å²) in [5, 5.41) is 3.76. The molecule has 0 aliphatic heterocycles. The largest absolute Gasteiger partial charge is 0.464 e. The molecule has 0 radical (unpaired) electrons. The van der Waals surface area contributed by atoms with E-state index in [1.54, 1.807) is 6.07 Å². The summed E-state index contributed by atoms with van der Waals surface area (Å²) in [5.74, 6) is -1.37. The maximum atomic E-state index is 13.5. The van der Waals surface area contributed by atoms with Crippen LogP contribution in [0, 0.1) is 5.82 Å². The second-order valence-electron chi connectivity index (χ2n) is 3.42. The third-order valence-electron chi connectivity index (χ3n) is 2.29. The van der Waals surface area contributed by atoms with Gasteiger partial charge in [0.2, 0.25) is 11.1 Å². The first kappa shape index (κ1) is 12.0. The van der Waals surface area contributed by atoms with E-state index in [-0.39, 0.29) is 11.4 Å². The molecule has 0 N–H and O–H groups in total. The first-order valence-corrected chi connectivity index (χ1v) is 5.06. The van der Waals surface area contributed by atoms with Crippen molar-refractivity contribution in [1.29, 1.82) is 0 Å². The van der Waals surface area contributed by atoms with Gasteiger partial charge in [0, 0.05) is 12.3 Å². The number of carbonyl (C=O) groups excluding carboxylic acids is 1. The van der Waals surface area contributed by atoms with E-state index in [0.29, 0.717) is 0 Å². The lowest BCUT2D eigenvalue weighted by atomic mass is 10.3. The molecular formula is C12H9FN2O3. The Bertz CT molecular complexity index is 652. The van der Waals surface area contributed by atoms with E-state index < -0.39 is 17.2 Å². The number of rotatable bonds is 2. The number of aromatic nitrogens is 2. The van der Waals surface area contributed by atoms with Gasteiger partial charge in [0.1, 0.15) is 11.5 Å². The molecule has 5 nitrogen and oxygen atoms in total. The molecule has 0 amide bonds. The molecule has 18 heavy (non-hydrogen) atoms. The molecule has 0 unspecified atom stereocenters. The minimum atomic E-state index is -0.856. The van der Waals surface area contributed by atoms with E-state index in [4.69, 9.17) is 0 Å². The third-order valence-corrected chi connectivity index (χ3v) is 2.29. The summed E-state index contributed by atoms with van der Waals surface area (Å²) in [4.78, 5) is 22.7. The lowest BCUT2D eigenvalue weighted by molar-refractivity contribution is 0.0590. The minimum absolute atomic E-state index is 0.141. The van der Waals surface area contributed by atoms with Crippen molar-refractivity contribution < 1.29 is 13.9 Å². The molecule has 0 spiro atoms. The van der Waals surface area contributed by atoms with Gasteiger partial charge >= 0.3 is 5.97 Å². The Morgan fingerprint density at radius 1 is 1.33 bits per heavy atom. The smallest absolute Gasteiger partial charge is 0.362 e. The third kappa shape index (κ3) is 2.13. The van der Waals surface area contributed by atoms with Crippen molar-refractivity contribution in [2.75, 3.05) is 7.11 Å². The molecule has 1 aromatic heterocycles. The van der Waals surface area contributed by atoms with Gasteiger partial charge in [-0.15, -0.1) is 0 Å². The first-order chi connectivity index (χ1) is 8.63. The summed E-state index contributed by atoms with van der Waals surface area (Å²) in [6, 6.07) is 7.02. The van der Waals surface area contributed by atoms with Crippen molar-refractivity contribution in [3.63, 3.8) is 0 Å². The Kier molecular flexibility index (Phi) is 3.18. The zero-order valence-electron chi connectivity index (χ0n) is 9.46. The number of carbonyl (C=O) groups is 1. The van der Waals surface area contributed by atoms with Gasteiger partial charge in [0.05, 0.1) is 7.11 Å². The Morgan fingerprint density at radius 3 is 2.72 bits per heavy atom. The lowest BCUT2D eigenvalue weighted by Crippen LogP contribution is -2.21. The summed E-state index contributed by atoms with van der Waals surface area (Å²) < 4.78 is 19.1. The van der Waals surface area contributed by atoms with Gasteiger partial charge in [-0.25, -0.2) is 13.9 Å². The fraction of sp³-hybridized carbons (Fsp3) is 0.0833. The normalized spacial score (nSPS) is 10.1. The molecule has 2 rings (SSSR count). The van der Waals surface area contributed by atoms with Crippen molar-refractivity contribution in [2.45, 2.75) is 0 Å². The molecule has 0 atom stereocenters. The lowest BCUT2D eigenvalue weighted by Gasteiger charge is -2.07. The van der Waals surface area contributed by atoms with Crippen LogP contribution in [-0.2, 0) is 4.74 Å². The number of nitrogens with zero attached hydrogens (tertiary/aromatic N) is 2. The van der Waals surface area contributed by atoms with Crippen LogP contribution in [0.3, 0.4) is 0 Å². The number of hydrogen-bond acceptors (Lipinski definition) is 4. The van der Waals surface area contributed by atoms with Gasteiger partial charge in [0.15, 0.2) is 0 Å². The number of hydrogen-bond donors (Lipinski definition) is 0. The number of ether oxygens (including phenoxy) is 1. The first-order valence-electron chi connectivity index (χ1n) is 5.06. The van der Waals surface area contributed by atoms with Crippen molar-refractivity contribution in [3.8, 4) is 5.69 Å². The quantitative estimate of drug-likeness (QED) is 0.748. The van der Waals surface area contributed by atoms with E-state index in [2.05, 4.69) is 9.84 Å². The van der Waals surface area contributed by atoms with Crippen molar-refractivity contribution in [2.24, 2.45) is 0 Å². The van der Waals surface area contributed by atoms with Crippen LogP contribution < -0.4 is 5.43 Å². The second kappa shape index (κ2) is 4.79. The number of para-hydroxylation sites is 1. The SMILES string of the molecule is COC(=O)c1nn(-c2ccccc2F)ccc1=O. The molecule has 0 fully saturated rings. The Labute approximate surface area is 101 Å². The number of benzene rings is 1. The molecule has 0 aliphatic rings. The van der Waals surface area contributed by atoms with Crippen LogP contribution in [-0.4, -0.2) is 22.9 Å². The predicted octanol–water partition coefficient (Wildman–Crippen LogP) is 1.16. The maximum absolute atomic E-state index is 13.5. The standard InChI is InChI=1S/C12H9FN2O3/c1-18-12(17)11-10(16)6-7-15(14-11)9-5-3-2-4-8(9)13/h2-7H,1H3. The number of halogens is 1. The highest BCUT2D eigenvalue weighted by Crippen LogP contribution is 2.10. The van der Waals surface area contributed by atoms with Gasteiger partial charge in [0.25, 0.3) is 0 Å². The predicted molar refractivity (Wildman–Crippen MR) is 61.1 cm³/mol. The topological polar surface area (TPSA) is 61.2 Å². The van der Waals surface area contributed by atoms with Crippen LogP contribution in [0.2, 0.25) is 0 Å². The van der Waals surface area contributed by atoms with E-state index in [9.17, 15) is 14.0 Å². The van der Waals surface area contributed by atoms with Gasteiger partial charge in [-0.2, -0.15) is 5.10 Å². The Hall–Kier alpha value is -2.50. The molecule has 6 heteroatoms. The summed E-state index contributed by atoms with van der Waals surface area (Å²) in [5.41, 5.74) is -0.819. The molecule has 1 aromatic carbocycles. The highest BCUT2D eigenvalue weighted by atomic mass is 19.1. The molecule has 0 aliphatic carbocycles. The van der Waals surface area contributed by atoms with Gasteiger partial charge < -0.3 is 4.74 Å².